The zero-order valence-corrected chi connectivity index (χ0v) is 17.2. The van der Waals surface area contributed by atoms with Gasteiger partial charge < -0.3 is 10.2 Å². The summed E-state index contributed by atoms with van der Waals surface area (Å²) in [5.41, 5.74) is 0.949. The lowest BCUT2D eigenvalue weighted by Crippen LogP contribution is -2.40. The Morgan fingerprint density at radius 3 is 2.79 bits per heavy atom. The first-order chi connectivity index (χ1) is 14.0. The van der Waals surface area contributed by atoms with E-state index in [0.717, 1.165) is 38.9 Å². The fourth-order valence-corrected chi connectivity index (χ4v) is 4.76. The van der Waals surface area contributed by atoms with Crippen LogP contribution in [0.2, 0.25) is 0 Å². The van der Waals surface area contributed by atoms with Gasteiger partial charge in [0.1, 0.15) is 6.54 Å². The molecule has 1 aliphatic heterocycles. The van der Waals surface area contributed by atoms with Gasteiger partial charge in [0.15, 0.2) is 5.82 Å². The molecular weight excluding hydrogens is 366 g/mol. The number of carbonyl (C=O) groups is 2. The Kier molecular flexibility index (Phi) is 5.41. The molecule has 2 fully saturated rings. The number of carbonyl (C=O) groups excluding carboxylic acids is 2. The average molecular weight is 396 g/mol. The third-order valence-corrected chi connectivity index (χ3v) is 6.32. The van der Waals surface area contributed by atoms with Crippen molar-refractivity contribution in [1.29, 1.82) is 0 Å². The van der Waals surface area contributed by atoms with Crippen LogP contribution in [0, 0.1) is 11.3 Å². The Balaban J connectivity index is 1.42. The van der Waals surface area contributed by atoms with Crippen LogP contribution < -0.4 is 5.32 Å². The minimum Gasteiger partial charge on any atom is -0.347 e. The fraction of sp³-hybridized carbons (Fsp3) is 0.500. The summed E-state index contributed by atoms with van der Waals surface area (Å²) in [4.78, 5) is 29.1. The molecule has 0 bridgehead atoms. The molecule has 1 aromatic carbocycles. The first kappa shape index (κ1) is 19.6. The van der Waals surface area contributed by atoms with Crippen molar-refractivity contribution in [2.24, 2.45) is 11.3 Å². The minimum absolute atomic E-state index is 0.0345. The summed E-state index contributed by atoms with van der Waals surface area (Å²) in [6.45, 7) is 2.81. The number of benzene rings is 1. The van der Waals surface area contributed by atoms with Gasteiger partial charge in [-0.05, 0) is 24.3 Å². The second-order valence-corrected chi connectivity index (χ2v) is 8.54. The lowest BCUT2D eigenvalue weighted by molar-refractivity contribution is -0.129. The summed E-state index contributed by atoms with van der Waals surface area (Å²) in [5.74, 6) is 0.944. The Hall–Kier alpha value is -2.67. The van der Waals surface area contributed by atoms with Crippen LogP contribution in [0.5, 0.6) is 0 Å². The third-order valence-electron chi connectivity index (χ3n) is 6.32. The molecule has 1 aromatic heterocycles. The maximum Gasteiger partial charge on any atom is 0.243 e. The number of anilines is 1. The number of aromatic nitrogens is 2. The molecule has 7 heteroatoms. The number of hydrogen-bond donors (Lipinski definition) is 1. The largest absolute Gasteiger partial charge is 0.347 e. The molecule has 2 amide bonds. The lowest BCUT2D eigenvalue weighted by atomic mass is 9.80. The molecule has 0 radical (unpaired) electrons. The van der Waals surface area contributed by atoms with E-state index in [9.17, 15) is 9.59 Å². The predicted molar refractivity (Wildman–Crippen MR) is 111 cm³/mol. The van der Waals surface area contributed by atoms with E-state index in [1.807, 2.05) is 6.07 Å². The van der Waals surface area contributed by atoms with Crippen molar-refractivity contribution in [3.8, 4) is 0 Å². The van der Waals surface area contributed by atoms with E-state index in [1.165, 1.54) is 10.5 Å². The van der Waals surface area contributed by atoms with Gasteiger partial charge in [-0.15, -0.1) is 0 Å². The maximum absolute atomic E-state index is 13.3. The highest BCUT2D eigenvalue weighted by Gasteiger charge is 2.54. The van der Waals surface area contributed by atoms with Gasteiger partial charge in [-0.3, -0.25) is 19.2 Å². The summed E-state index contributed by atoms with van der Waals surface area (Å²) in [6, 6.07) is 12.2. The van der Waals surface area contributed by atoms with E-state index in [-0.39, 0.29) is 23.8 Å². The molecule has 2 atom stereocenters. The molecule has 1 N–H and O–H groups in total. The molecule has 29 heavy (non-hydrogen) atoms. The molecule has 0 spiro atoms. The van der Waals surface area contributed by atoms with Crippen molar-refractivity contribution in [3.63, 3.8) is 0 Å². The fourth-order valence-electron chi connectivity index (χ4n) is 4.76. The summed E-state index contributed by atoms with van der Waals surface area (Å²) >= 11 is 0. The highest BCUT2D eigenvalue weighted by atomic mass is 16.2. The van der Waals surface area contributed by atoms with Gasteiger partial charge in [0, 0.05) is 46.0 Å². The molecule has 7 nitrogen and oxygen atoms in total. The number of nitrogens with zero attached hydrogens (tertiary/aromatic N) is 4. The van der Waals surface area contributed by atoms with E-state index in [2.05, 4.69) is 39.6 Å². The van der Waals surface area contributed by atoms with Gasteiger partial charge in [0.2, 0.25) is 11.8 Å². The molecular formula is C22H29N5O2. The summed E-state index contributed by atoms with van der Waals surface area (Å²) in [6.07, 6.45) is 4.86. The zero-order chi connectivity index (χ0) is 20.4. The minimum atomic E-state index is -0.335. The van der Waals surface area contributed by atoms with E-state index >= 15 is 0 Å². The lowest BCUT2D eigenvalue weighted by Gasteiger charge is -2.27. The van der Waals surface area contributed by atoms with Crippen LogP contribution in [0.3, 0.4) is 0 Å². The van der Waals surface area contributed by atoms with Gasteiger partial charge in [0.05, 0.1) is 5.41 Å². The molecule has 1 saturated heterocycles. The Bertz CT molecular complexity index is 878. The first-order valence-corrected chi connectivity index (χ1v) is 10.3. The summed E-state index contributed by atoms with van der Waals surface area (Å²) in [5, 5.41) is 7.40. The summed E-state index contributed by atoms with van der Waals surface area (Å²) in [7, 11) is 3.43. The van der Waals surface area contributed by atoms with Gasteiger partial charge in [-0.2, -0.15) is 5.10 Å². The van der Waals surface area contributed by atoms with Crippen LogP contribution in [-0.2, 0) is 22.7 Å². The number of likely N-dealkylation sites (tertiary alicyclic amines) is 1. The molecule has 2 heterocycles. The average Bonchev–Trinajstić information content (AvgIpc) is 3.37. The van der Waals surface area contributed by atoms with E-state index in [0.29, 0.717) is 11.7 Å². The quantitative estimate of drug-likeness (QED) is 0.814. The number of rotatable bonds is 6. The van der Waals surface area contributed by atoms with Crippen LogP contribution in [0.25, 0.3) is 0 Å². The topological polar surface area (TPSA) is 70.5 Å². The van der Waals surface area contributed by atoms with Crippen molar-refractivity contribution < 1.29 is 9.59 Å². The molecule has 2 aliphatic rings. The number of nitrogens with one attached hydrogen (secondary N) is 1. The molecule has 1 aliphatic carbocycles. The van der Waals surface area contributed by atoms with Crippen molar-refractivity contribution in [2.45, 2.75) is 32.4 Å². The predicted octanol–water partition coefficient (Wildman–Crippen LogP) is 2.21. The van der Waals surface area contributed by atoms with E-state index in [4.69, 9.17) is 0 Å². The van der Waals surface area contributed by atoms with Crippen molar-refractivity contribution in [2.75, 3.05) is 32.5 Å². The van der Waals surface area contributed by atoms with Gasteiger partial charge in [0.25, 0.3) is 0 Å². The van der Waals surface area contributed by atoms with Crippen molar-refractivity contribution in [1.82, 2.24) is 19.6 Å². The van der Waals surface area contributed by atoms with Crippen LogP contribution in [0.1, 0.15) is 24.8 Å². The summed E-state index contributed by atoms with van der Waals surface area (Å²) < 4.78 is 1.57. The highest BCUT2D eigenvalue weighted by Crippen LogP contribution is 2.49. The van der Waals surface area contributed by atoms with Gasteiger partial charge in [-0.25, -0.2) is 0 Å². The Morgan fingerprint density at radius 1 is 1.24 bits per heavy atom. The third kappa shape index (κ3) is 4.05. The van der Waals surface area contributed by atoms with Gasteiger partial charge in [-0.1, -0.05) is 36.8 Å². The normalized spacial score (nSPS) is 23.7. The number of fused-ring (bicyclic) bond motifs is 1. The monoisotopic (exact) mass is 395 g/mol. The van der Waals surface area contributed by atoms with Crippen LogP contribution in [0.15, 0.2) is 42.6 Å². The molecule has 4 rings (SSSR count). The Morgan fingerprint density at radius 2 is 2.03 bits per heavy atom. The van der Waals surface area contributed by atoms with Crippen molar-refractivity contribution >= 4 is 17.6 Å². The molecule has 154 valence electrons. The van der Waals surface area contributed by atoms with E-state index < -0.39 is 0 Å². The highest BCUT2D eigenvalue weighted by molar-refractivity contribution is 5.95. The van der Waals surface area contributed by atoms with Crippen LogP contribution in [0.4, 0.5) is 5.82 Å². The number of hydrogen-bond acceptors (Lipinski definition) is 4. The first-order valence-electron chi connectivity index (χ1n) is 10.3. The van der Waals surface area contributed by atoms with Crippen molar-refractivity contribution in [3.05, 3.63) is 48.2 Å². The number of amides is 2. The second kappa shape index (κ2) is 7.99. The van der Waals surface area contributed by atoms with Gasteiger partial charge >= 0.3 is 0 Å². The zero-order valence-electron chi connectivity index (χ0n) is 17.2. The number of likely N-dealkylation sites (N-methyl/N-ethyl adjacent to an activating group) is 1. The molecule has 2 aromatic rings. The van der Waals surface area contributed by atoms with Crippen LogP contribution >= 0.6 is 0 Å². The smallest absolute Gasteiger partial charge is 0.243 e. The second-order valence-electron chi connectivity index (χ2n) is 8.54. The van der Waals surface area contributed by atoms with E-state index in [1.54, 1.807) is 31.0 Å². The Labute approximate surface area is 171 Å². The maximum atomic E-state index is 13.3. The van der Waals surface area contributed by atoms with Crippen LogP contribution in [-0.4, -0.2) is 58.6 Å². The standard InChI is InChI=1S/C22H29N5O2/c1-25(2)20(28)15-27-12-10-19(24-27)23-21(29)22-11-6-9-18(22)14-26(16-22)13-17-7-4-3-5-8-17/h3-5,7-8,10,12,18H,6,9,11,13-16H2,1-2H3,(H,23,24,29)/t18-,22-/m1/s1. The molecule has 0 unspecified atom stereocenters. The SMILES string of the molecule is CN(C)C(=O)Cn1ccc(NC(=O)[C@@]23CCC[C@@H]2CN(Cc2ccccc2)C3)n1. The molecule has 1 saturated carbocycles.